The second-order valence-corrected chi connectivity index (χ2v) is 2.66. The third-order valence-electron chi connectivity index (χ3n) is 1.38. The third-order valence-corrected chi connectivity index (χ3v) is 1.55. The Labute approximate surface area is 76.5 Å². The summed E-state index contributed by atoms with van der Waals surface area (Å²) in [5, 5.41) is 9.29. The largest absolute Gasteiger partial charge is 0.507 e. The van der Waals surface area contributed by atoms with Gasteiger partial charge < -0.3 is 5.11 Å². The molecule has 1 aromatic rings. The molecule has 3 heteroatoms. The van der Waals surface area contributed by atoms with Crippen molar-refractivity contribution < 1.29 is 5.11 Å². The van der Waals surface area contributed by atoms with Gasteiger partial charge in [-0.3, -0.25) is 4.99 Å². The molecule has 0 atom stereocenters. The van der Waals surface area contributed by atoms with Crippen LogP contribution in [0.25, 0.3) is 0 Å². The average Bonchev–Trinajstić information content (AvgIpc) is 2.09. The third kappa shape index (κ3) is 2.55. The monoisotopic (exact) mass is 183 g/mol. The smallest absolute Gasteiger partial charge is 0.124 e. The number of alkyl halides is 1. The first-order valence-corrected chi connectivity index (χ1v) is 4.22. The van der Waals surface area contributed by atoms with E-state index in [-0.39, 0.29) is 5.75 Å². The number of phenols is 1. The van der Waals surface area contributed by atoms with E-state index < -0.39 is 0 Å². The maximum absolute atomic E-state index is 9.29. The van der Waals surface area contributed by atoms with Gasteiger partial charge in [-0.25, -0.2) is 0 Å². The normalized spacial score (nSPS) is 10.8. The molecule has 0 heterocycles. The van der Waals surface area contributed by atoms with Gasteiger partial charge in [-0.2, -0.15) is 0 Å². The molecule has 1 rings (SSSR count). The highest BCUT2D eigenvalue weighted by Gasteiger charge is 1.92. The SMILES string of the molecule is Oc1ccccc1C=NCCCl. The summed E-state index contributed by atoms with van der Waals surface area (Å²) in [5.74, 6) is 0.750. The van der Waals surface area contributed by atoms with Crippen LogP contribution in [-0.2, 0) is 0 Å². The summed E-state index contributed by atoms with van der Waals surface area (Å²) in [6.07, 6.45) is 1.62. The van der Waals surface area contributed by atoms with Crippen molar-refractivity contribution in [3.05, 3.63) is 29.8 Å². The number of phenolic OH excluding ortho intramolecular Hbond substituents is 1. The van der Waals surface area contributed by atoms with Gasteiger partial charge in [0.15, 0.2) is 0 Å². The fourth-order valence-electron chi connectivity index (χ4n) is 0.808. The highest BCUT2D eigenvalue weighted by Crippen LogP contribution is 2.12. The first-order valence-electron chi connectivity index (χ1n) is 3.68. The lowest BCUT2D eigenvalue weighted by molar-refractivity contribution is 0.474. The van der Waals surface area contributed by atoms with Gasteiger partial charge in [-0.1, -0.05) is 12.1 Å². The summed E-state index contributed by atoms with van der Waals surface area (Å²) in [5.41, 5.74) is 0.725. The predicted octanol–water partition coefficient (Wildman–Crippen LogP) is 2.05. The second-order valence-electron chi connectivity index (χ2n) is 2.28. The maximum Gasteiger partial charge on any atom is 0.124 e. The average molecular weight is 184 g/mol. The van der Waals surface area contributed by atoms with Gasteiger partial charge in [-0.05, 0) is 12.1 Å². The van der Waals surface area contributed by atoms with Crippen molar-refractivity contribution in [2.45, 2.75) is 0 Å². The van der Waals surface area contributed by atoms with Crippen LogP contribution in [0.4, 0.5) is 0 Å². The Morgan fingerprint density at radius 2 is 2.17 bits per heavy atom. The van der Waals surface area contributed by atoms with Crippen molar-refractivity contribution in [1.29, 1.82) is 0 Å². The Morgan fingerprint density at radius 1 is 1.42 bits per heavy atom. The minimum absolute atomic E-state index is 0.246. The van der Waals surface area contributed by atoms with Crippen LogP contribution < -0.4 is 0 Å². The van der Waals surface area contributed by atoms with Crippen molar-refractivity contribution in [3.63, 3.8) is 0 Å². The number of halogens is 1. The van der Waals surface area contributed by atoms with E-state index in [1.165, 1.54) is 0 Å². The maximum atomic E-state index is 9.29. The number of benzene rings is 1. The second kappa shape index (κ2) is 4.78. The molecule has 0 bridgehead atoms. The highest BCUT2D eigenvalue weighted by molar-refractivity contribution is 6.18. The molecule has 0 aliphatic rings. The molecule has 0 saturated carbocycles. The Balaban J connectivity index is 2.68. The van der Waals surface area contributed by atoms with E-state index in [2.05, 4.69) is 4.99 Å². The van der Waals surface area contributed by atoms with Gasteiger partial charge >= 0.3 is 0 Å². The van der Waals surface area contributed by atoms with Crippen LogP contribution in [0, 0.1) is 0 Å². The molecule has 2 nitrogen and oxygen atoms in total. The molecule has 0 aromatic heterocycles. The summed E-state index contributed by atoms with van der Waals surface area (Å²) in [6, 6.07) is 7.05. The standard InChI is InChI=1S/C9H10ClNO/c10-5-6-11-7-8-3-1-2-4-9(8)12/h1-4,7,12H,5-6H2. The van der Waals surface area contributed by atoms with E-state index >= 15 is 0 Å². The van der Waals surface area contributed by atoms with Crippen LogP contribution in [0.15, 0.2) is 29.3 Å². The lowest BCUT2D eigenvalue weighted by Gasteiger charge is -1.95. The first kappa shape index (κ1) is 9.07. The summed E-state index contributed by atoms with van der Waals surface area (Å²) in [7, 11) is 0. The fourth-order valence-corrected chi connectivity index (χ4v) is 0.906. The Morgan fingerprint density at radius 3 is 2.83 bits per heavy atom. The molecular formula is C9H10ClNO. The lowest BCUT2D eigenvalue weighted by atomic mass is 10.2. The van der Waals surface area contributed by atoms with Crippen LogP contribution in [0.5, 0.6) is 5.75 Å². The molecule has 0 fully saturated rings. The zero-order chi connectivity index (χ0) is 8.81. The summed E-state index contributed by atoms with van der Waals surface area (Å²) in [4.78, 5) is 4.00. The van der Waals surface area contributed by atoms with E-state index in [4.69, 9.17) is 11.6 Å². The molecule has 1 aromatic carbocycles. The number of aliphatic imine (C=N–C) groups is 1. The molecule has 1 N–H and O–H groups in total. The number of hydrogen-bond donors (Lipinski definition) is 1. The zero-order valence-electron chi connectivity index (χ0n) is 6.57. The van der Waals surface area contributed by atoms with Gasteiger partial charge in [0.25, 0.3) is 0 Å². The molecule has 0 aliphatic heterocycles. The summed E-state index contributed by atoms with van der Waals surface area (Å²) < 4.78 is 0. The molecule has 12 heavy (non-hydrogen) atoms. The van der Waals surface area contributed by atoms with Gasteiger partial charge in [-0.15, -0.1) is 11.6 Å². The van der Waals surface area contributed by atoms with Gasteiger partial charge in [0.05, 0.1) is 6.54 Å². The lowest BCUT2D eigenvalue weighted by Crippen LogP contribution is -1.85. The number of rotatable bonds is 3. The molecule has 0 amide bonds. The van der Waals surface area contributed by atoms with Crippen molar-refractivity contribution in [1.82, 2.24) is 0 Å². The van der Waals surface area contributed by atoms with E-state index in [1.54, 1.807) is 24.4 Å². The van der Waals surface area contributed by atoms with Crippen LogP contribution in [0.1, 0.15) is 5.56 Å². The van der Waals surface area contributed by atoms with E-state index in [9.17, 15) is 5.11 Å². The molecule has 0 saturated heterocycles. The quantitative estimate of drug-likeness (QED) is 0.565. The van der Waals surface area contributed by atoms with Crippen LogP contribution in [-0.4, -0.2) is 23.7 Å². The van der Waals surface area contributed by atoms with Crippen LogP contribution in [0.3, 0.4) is 0 Å². The Kier molecular flexibility index (Phi) is 3.61. The van der Waals surface area contributed by atoms with Crippen molar-refractivity contribution in [2.24, 2.45) is 4.99 Å². The highest BCUT2D eigenvalue weighted by atomic mass is 35.5. The summed E-state index contributed by atoms with van der Waals surface area (Å²) in [6.45, 7) is 0.579. The fraction of sp³-hybridized carbons (Fsp3) is 0.222. The minimum Gasteiger partial charge on any atom is -0.507 e. The van der Waals surface area contributed by atoms with Crippen LogP contribution >= 0.6 is 11.6 Å². The summed E-state index contributed by atoms with van der Waals surface area (Å²) >= 11 is 5.43. The van der Waals surface area contributed by atoms with E-state index in [0.717, 1.165) is 5.56 Å². The minimum atomic E-state index is 0.246. The molecule has 0 spiro atoms. The van der Waals surface area contributed by atoms with Crippen LogP contribution in [0.2, 0.25) is 0 Å². The molecule has 64 valence electrons. The van der Waals surface area contributed by atoms with Gasteiger partial charge in [0.1, 0.15) is 5.75 Å². The number of para-hydroxylation sites is 1. The van der Waals surface area contributed by atoms with Gasteiger partial charge in [0.2, 0.25) is 0 Å². The van der Waals surface area contributed by atoms with Crippen molar-refractivity contribution in [2.75, 3.05) is 12.4 Å². The van der Waals surface area contributed by atoms with Crippen molar-refractivity contribution >= 4 is 17.8 Å². The zero-order valence-corrected chi connectivity index (χ0v) is 7.33. The molecule has 0 aliphatic carbocycles. The van der Waals surface area contributed by atoms with Gasteiger partial charge in [0, 0.05) is 17.7 Å². The topological polar surface area (TPSA) is 32.6 Å². The number of hydrogen-bond acceptors (Lipinski definition) is 2. The molecule has 0 radical (unpaired) electrons. The predicted molar refractivity (Wildman–Crippen MR) is 51.3 cm³/mol. The Bertz CT molecular complexity index is 273. The van der Waals surface area contributed by atoms with E-state index in [0.29, 0.717) is 12.4 Å². The first-order chi connectivity index (χ1) is 5.84. The Hall–Kier alpha value is -1.02. The molecular weight excluding hydrogens is 174 g/mol. The van der Waals surface area contributed by atoms with E-state index in [1.807, 2.05) is 6.07 Å². The molecule has 0 unspecified atom stereocenters. The number of aromatic hydroxyl groups is 1. The van der Waals surface area contributed by atoms with Crippen molar-refractivity contribution in [3.8, 4) is 5.75 Å². The number of nitrogens with zero attached hydrogens (tertiary/aromatic N) is 1.